The van der Waals surface area contributed by atoms with Crippen molar-refractivity contribution in [2.45, 2.75) is 118 Å². The second kappa shape index (κ2) is 10.5. The van der Waals surface area contributed by atoms with Crippen molar-refractivity contribution in [3.05, 3.63) is 11.6 Å². The Kier molecular flexibility index (Phi) is 8.13. The minimum Gasteiger partial charge on any atom is -0.431 e. The monoisotopic (exact) mass is 512 g/mol. The Bertz CT molecular complexity index is 821. The third-order valence-electron chi connectivity index (χ3n) is 10.9. The number of hydrogen-bond acceptors (Lipinski definition) is 3. The molecule has 0 N–H and O–H groups in total. The maximum Gasteiger partial charge on any atom is 0.508 e. The highest BCUT2D eigenvalue weighted by molar-refractivity contribution is 5.60. The third kappa shape index (κ3) is 5.62. The van der Waals surface area contributed by atoms with Crippen LogP contribution in [0.25, 0.3) is 0 Å². The molecule has 0 aromatic heterocycles. The van der Waals surface area contributed by atoms with E-state index >= 15 is 0 Å². The lowest BCUT2D eigenvalue weighted by atomic mass is 9.47. The number of hydrogen-bond donors (Lipinski definition) is 0. The molecule has 0 radical (unpaired) electrons. The van der Waals surface area contributed by atoms with E-state index in [4.69, 9.17) is 4.74 Å². The zero-order valence-corrected chi connectivity index (χ0v) is 23.0. The van der Waals surface area contributed by atoms with E-state index in [1.54, 1.807) is 0 Å². The molecule has 206 valence electrons. The van der Waals surface area contributed by atoms with Crippen LogP contribution in [0.15, 0.2) is 11.6 Å². The molecule has 36 heavy (non-hydrogen) atoms. The van der Waals surface area contributed by atoms with Gasteiger partial charge in [0.1, 0.15) is 6.10 Å². The lowest BCUT2D eigenvalue weighted by Crippen LogP contribution is -2.51. The zero-order chi connectivity index (χ0) is 26.3. The average molecular weight is 513 g/mol. The molecule has 3 fully saturated rings. The van der Waals surface area contributed by atoms with Gasteiger partial charge >= 0.3 is 12.3 Å². The number of ether oxygens (including phenoxy) is 2. The Hall–Kier alpha value is -1.20. The van der Waals surface area contributed by atoms with Crippen molar-refractivity contribution in [3.8, 4) is 0 Å². The van der Waals surface area contributed by atoms with Crippen LogP contribution in [-0.4, -0.2) is 25.0 Å². The Morgan fingerprint density at radius 3 is 2.50 bits per heavy atom. The van der Waals surface area contributed by atoms with E-state index in [2.05, 4.69) is 45.4 Å². The molecule has 4 aliphatic carbocycles. The number of fused-ring (bicyclic) bond motifs is 5. The second-order valence-corrected chi connectivity index (χ2v) is 13.4. The summed E-state index contributed by atoms with van der Waals surface area (Å²) in [5.74, 6) is 4.58. The van der Waals surface area contributed by atoms with Crippen LogP contribution in [0.4, 0.5) is 18.0 Å². The molecule has 4 rings (SSSR count). The van der Waals surface area contributed by atoms with E-state index in [0.717, 1.165) is 42.4 Å². The molecule has 8 atom stereocenters. The highest BCUT2D eigenvalue weighted by atomic mass is 19.4. The summed E-state index contributed by atoms with van der Waals surface area (Å²) in [4.78, 5) is 11.8. The number of carbonyl (C=O) groups excluding carboxylic acids is 1. The number of carbonyl (C=O) groups is 1. The molecule has 0 spiro atoms. The maximum absolute atomic E-state index is 12.4. The van der Waals surface area contributed by atoms with Gasteiger partial charge in [0, 0.05) is 6.42 Å². The van der Waals surface area contributed by atoms with Crippen LogP contribution in [0.2, 0.25) is 0 Å². The van der Waals surface area contributed by atoms with Crippen molar-refractivity contribution in [3.63, 3.8) is 0 Å². The standard InChI is InChI=1S/C30H47F3O3/c1-19(2)7-6-8-20(3)24-11-12-25-23-10-9-21-17-22(36-27(34)35-18-30(31,32)33)13-15-28(21,4)26(23)14-16-29(24,25)5/h9,19-20,22-26H,6-8,10-18H2,1-5H3/t20-,22?,23?,24-,25?,26?,28+,29-/m1/s1. The average Bonchev–Trinajstić information content (AvgIpc) is 3.14. The minimum absolute atomic E-state index is 0.112. The number of rotatable bonds is 7. The van der Waals surface area contributed by atoms with E-state index in [1.165, 1.54) is 50.5 Å². The molecule has 0 amide bonds. The van der Waals surface area contributed by atoms with E-state index in [0.29, 0.717) is 24.2 Å². The first-order valence-corrected chi connectivity index (χ1v) is 14.4. The first-order valence-electron chi connectivity index (χ1n) is 14.4. The van der Waals surface area contributed by atoms with Crippen LogP contribution in [0, 0.1) is 46.3 Å². The van der Waals surface area contributed by atoms with Gasteiger partial charge in [0.2, 0.25) is 0 Å². The Balaban J connectivity index is 1.39. The fraction of sp³-hybridized carbons (Fsp3) is 0.900. The number of alkyl halides is 3. The quantitative estimate of drug-likeness (QED) is 0.252. The second-order valence-electron chi connectivity index (χ2n) is 13.4. The third-order valence-corrected chi connectivity index (χ3v) is 10.9. The summed E-state index contributed by atoms with van der Waals surface area (Å²) in [5.41, 5.74) is 1.91. The molecule has 0 saturated heterocycles. The molecule has 0 aliphatic heterocycles. The van der Waals surface area contributed by atoms with E-state index in [-0.39, 0.29) is 5.41 Å². The molecular weight excluding hydrogens is 465 g/mol. The Morgan fingerprint density at radius 1 is 1.06 bits per heavy atom. The molecule has 6 heteroatoms. The fourth-order valence-electron chi connectivity index (χ4n) is 9.06. The first kappa shape index (κ1) is 27.8. The van der Waals surface area contributed by atoms with E-state index < -0.39 is 25.0 Å². The molecule has 3 nitrogen and oxygen atoms in total. The minimum atomic E-state index is -4.54. The molecule has 0 bridgehead atoms. The maximum atomic E-state index is 12.4. The molecule has 0 aromatic carbocycles. The summed E-state index contributed by atoms with van der Waals surface area (Å²) in [6.07, 6.45) is 8.94. The van der Waals surface area contributed by atoms with Crippen LogP contribution < -0.4 is 0 Å². The molecule has 3 saturated carbocycles. The van der Waals surface area contributed by atoms with Crippen LogP contribution in [0.5, 0.6) is 0 Å². The van der Waals surface area contributed by atoms with Gasteiger partial charge < -0.3 is 9.47 Å². The van der Waals surface area contributed by atoms with Crippen molar-refractivity contribution < 1.29 is 27.4 Å². The highest BCUT2D eigenvalue weighted by Crippen LogP contribution is 2.67. The SMILES string of the molecule is CC(C)CCC[C@@H](C)[C@H]1CCC2C3CC=C4CC(OC(=O)OCC(F)(F)F)CC[C@]4(C)C3CC[C@@]21C. The summed E-state index contributed by atoms with van der Waals surface area (Å²) >= 11 is 0. The number of allylic oxidation sites excluding steroid dienone is 1. The summed E-state index contributed by atoms with van der Waals surface area (Å²) < 4.78 is 46.6. The Morgan fingerprint density at radius 2 is 1.81 bits per heavy atom. The van der Waals surface area contributed by atoms with Gasteiger partial charge in [0.15, 0.2) is 6.61 Å². The largest absolute Gasteiger partial charge is 0.508 e. The smallest absolute Gasteiger partial charge is 0.431 e. The fourth-order valence-corrected chi connectivity index (χ4v) is 9.06. The van der Waals surface area contributed by atoms with E-state index in [1.807, 2.05) is 0 Å². The summed E-state index contributed by atoms with van der Waals surface area (Å²) in [6.45, 7) is 10.6. The van der Waals surface area contributed by atoms with Gasteiger partial charge in [0.25, 0.3) is 0 Å². The van der Waals surface area contributed by atoms with Crippen molar-refractivity contribution in [1.82, 2.24) is 0 Å². The molecule has 0 heterocycles. The van der Waals surface area contributed by atoms with Gasteiger partial charge in [-0.2, -0.15) is 13.2 Å². The van der Waals surface area contributed by atoms with Crippen molar-refractivity contribution >= 4 is 6.16 Å². The predicted molar refractivity (Wildman–Crippen MR) is 135 cm³/mol. The lowest BCUT2D eigenvalue weighted by Gasteiger charge is -2.58. The first-order chi connectivity index (χ1) is 16.8. The van der Waals surface area contributed by atoms with E-state index in [9.17, 15) is 18.0 Å². The topological polar surface area (TPSA) is 35.5 Å². The molecule has 4 unspecified atom stereocenters. The number of halogens is 3. The van der Waals surface area contributed by atoms with Crippen molar-refractivity contribution in [2.24, 2.45) is 46.3 Å². The summed E-state index contributed by atoms with van der Waals surface area (Å²) in [5, 5.41) is 0. The van der Waals surface area contributed by atoms with Crippen molar-refractivity contribution in [2.75, 3.05) is 6.61 Å². The van der Waals surface area contributed by atoms with Crippen LogP contribution in [0.3, 0.4) is 0 Å². The van der Waals surface area contributed by atoms with Crippen LogP contribution >= 0.6 is 0 Å². The van der Waals surface area contributed by atoms with Gasteiger partial charge in [-0.1, -0.05) is 65.5 Å². The molecule has 0 aromatic rings. The van der Waals surface area contributed by atoms with Crippen LogP contribution in [0.1, 0.15) is 105 Å². The van der Waals surface area contributed by atoms with Crippen molar-refractivity contribution in [1.29, 1.82) is 0 Å². The van der Waals surface area contributed by atoms with Gasteiger partial charge in [-0.05, 0) is 91.3 Å². The van der Waals surface area contributed by atoms with Gasteiger partial charge in [-0.15, -0.1) is 0 Å². The molecular formula is C30H47F3O3. The highest BCUT2D eigenvalue weighted by Gasteiger charge is 2.59. The normalized spacial score (nSPS) is 39.0. The summed E-state index contributed by atoms with van der Waals surface area (Å²) in [7, 11) is 0. The van der Waals surface area contributed by atoms with Gasteiger partial charge in [-0.3, -0.25) is 0 Å². The Labute approximate surface area is 215 Å². The van der Waals surface area contributed by atoms with Crippen LogP contribution in [-0.2, 0) is 9.47 Å². The summed E-state index contributed by atoms with van der Waals surface area (Å²) in [6, 6.07) is 0. The molecule has 4 aliphatic rings. The zero-order valence-electron chi connectivity index (χ0n) is 23.0. The predicted octanol–water partition coefficient (Wildman–Crippen LogP) is 9.11. The van der Waals surface area contributed by atoms with Gasteiger partial charge in [0.05, 0.1) is 0 Å². The van der Waals surface area contributed by atoms with Gasteiger partial charge in [-0.25, -0.2) is 4.79 Å². The lowest BCUT2D eigenvalue weighted by molar-refractivity contribution is -0.167.